The number of piperazine rings is 1. The van der Waals surface area contributed by atoms with Gasteiger partial charge < -0.3 is 46.2 Å². The number of rotatable bonds is 19. The Morgan fingerprint density at radius 1 is 0.902 bits per heavy atom. The van der Waals surface area contributed by atoms with Crippen molar-refractivity contribution in [2.45, 2.75) is 123 Å². The van der Waals surface area contributed by atoms with Crippen LogP contribution in [0.1, 0.15) is 119 Å². The van der Waals surface area contributed by atoms with Gasteiger partial charge in [-0.2, -0.15) is 0 Å². The van der Waals surface area contributed by atoms with Crippen molar-refractivity contribution in [1.29, 1.82) is 0 Å². The molecule has 0 saturated carbocycles. The smallest absolute Gasteiger partial charge is 0.254 e. The minimum atomic E-state index is -0.818. The number of amides is 5. The van der Waals surface area contributed by atoms with Gasteiger partial charge in [-0.15, -0.1) is 11.3 Å². The predicted molar refractivity (Wildman–Crippen MR) is 315 cm³/mol. The third-order valence-corrected chi connectivity index (χ3v) is 17.2. The van der Waals surface area contributed by atoms with E-state index in [1.165, 1.54) is 22.6 Å². The number of nitrogens with zero attached hydrogens (tertiary/aromatic N) is 8. The second kappa shape index (κ2) is 26.3. The highest BCUT2D eigenvalue weighted by molar-refractivity contribution is 7.13. The van der Waals surface area contributed by atoms with Gasteiger partial charge in [0.25, 0.3) is 5.91 Å². The molecule has 0 bridgehead atoms. The molecule has 4 aliphatic rings. The van der Waals surface area contributed by atoms with Gasteiger partial charge in [-0.05, 0) is 92.3 Å². The summed E-state index contributed by atoms with van der Waals surface area (Å²) < 4.78 is 15.6. The minimum Gasteiger partial charge on any atom is -0.391 e. The molecule has 82 heavy (non-hydrogen) atoms. The summed E-state index contributed by atoms with van der Waals surface area (Å²) >= 11 is 1.64. The second-order valence-electron chi connectivity index (χ2n) is 23.2. The Morgan fingerprint density at radius 3 is 2.30 bits per heavy atom. The van der Waals surface area contributed by atoms with Crippen LogP contribution >= 0.6 is 11.3 Å². The molecule has 5 amide bonds. The number of β-amino-alcohol motifs (C(OH)–C–C–N with tert-alkyl or cyclic N) is 2. The molecule has 436 valence electrons. The zero-order chi connectivity index (χ0) is 58.1. The van der Waals surface area contributed by atoms with Gasteiger partial charge in [-0.3, -0.25) is 33.3 Å². The lowest BCUT2D eigenvalue weighted by Gasteiger charge is -2.43. The number of aliphatic hydroxyl groups excluding tert-OH is 1. The molecule has 21 heteroatoms. The van der Waals surface area contributed by atoms with Gasteiger partial charge in [0.2, 0.25) is 24.1 Å². The van der Waals surface area contributed by atoms with Crippen LogP contribution in [0.5, 0.6) is 0 Å². The SMILES string of the molecule is CC(C)(C)C(NC(=O)CCCCCCC(=O)N1CCN(CC2(O)CCN(c3ccc(Nc4ccc(-c5cnc6cc(F)ccn56)c5c4C(=O)NC5)nc3)CC2)CC1)C(=O)N1CCC(O)C1.Cc1ncsc1-c1ccc([C@H](C)NC=O)cc1. The Kier molecular flexibility index (Phi) is 19.0. The zero-order valence-electron chi connectivity index (χ0n) is 47.6. The maximum atomic E-state index is 13.8. The molecule has 10 rings (SSSR count). The van der Waals surface area contributed by atoms with Crippen LogP contribution < -0.4 is 26.2 Å². The first-order valence-corrected chi connectivity index (χ1v) is 29.5. The first kappa shape index (κ1) is 59.3. The molecule has 4 aromatic heterocycles. The number of benzene rings is 2. The van der Waals surface area contributed by atoms with E-state index in [0.29, 0.717) is 114 Å². The van der Waals surface area contributed by atoms with E-state index in [4.69, 9.17) is 0 Å². The number of halogens is 1. The van der Waals surface area contributed by atoms with Gasteiger partial charge in [0.1, 0.15) is 23.3 Å². The summed E-state index contributed by atoms with van der Waals surface area (Å²) in [6, 6.07) is 18.1. The number of thiazole rings is 1. The molecular formula is C61H77FN12O7S. The normalized spacial score (nSPS) is 17.8. The molecule has 3 atom stereocenters. The van der Waals surface area contributed by atoms with E-state index in [0.717, 1.165) is 72.5 Å². The van der Waals surface area contributed by atoms with Crippen LogP contribution in [-0.4, -0.2) is 151 Å². The Labute approximate surface area is 482 Å². The molecule has 4 aliphatic heterocycles. The number of nitrogens with one attached hydrogen (secondary N) is 4. The van der Waals surface area contributed by atoms with Crippen molar-refractivity contribution in [3.8, 4) is 21.7 Å². The first-order chi connectivity index (χ1) is 39.4. The lowest BCUT2D eigenvalue weighted by Crippen LogP contribution is -2.56. The van der Waals surface area contributed by atoms with Crippen molar-refractivity contribution >= 4 is 64.2 Å². The van der Waals surface area contributed by atoms with E-state index in [1.807, 2.05) is 92.0 Å². The van der Waals surface area contributed by atoms with Crippen molar-refractivity contribution in [2.24, 2.45) is 5.41 Å². The van der Waals surface area contributed by atoms with E-state index in [1.54, 1.807) is 28.6 Å². The molecule has 3 saturated heterocycles. The topological polar surface area (TPSA) is 230 Å². The van der Waals surface area contributed by atoms with Crippen molar-refractivity contribution in [3.05, 3.63) is 113 Å². The standard InChI is InChI=1S/C48H63FN10O6.C13H14N2OS/c1-47(2,3)44(46(64)58-18-15-34(60)30-58)54-41(61)8-6-4-5-7-9-42(62)57-24-22-55(23-25-57)31-48(65)16-20-56(21-17-48)33-10-13-39(50-27-33)53-37-12-11-35(36-28-52-45(63)43(36)37)38-29-51-40-26-32(49)14-19-59(38)40;1-9(14-7-16)11-3-5-12(6-4-11)13-10(2)15-8-17-13/h10-14,19,26-27,29,34,44,60,65H,4-9,15-18,20-25,28,30-31H2,1-3H3,(H,50,53)(H,52,63)(H,54,61);3-9H,1-2H3,(H,14,16)/t;9-/m.0/s1. The van der Waals surface area contributed by atoms with E-state index in [2.05, 4.69) is 58.2 Å². The fourth-order valence-electron chi connectivity index (χ4n) is 11.3. The molecule has 0 aliphatic carbocycles. The van der Waals surface area contributed by atoms with Gasteiger partial charge in [-0.1, -0.05) is 63.9 Å². The van der Waals surface area contributed by atoms with Gasteiger partial charge in [0, 0.05) is 96.1 Å². The number of likely N-dealkylation sites (tertiary alicyclic amines) is 1. The third kappa shape index (κ3) is 14.5. The maximum absolute atomic E-state index is 13.8. The van der Waals surface area contributed by atoms with Gasteiger partial charge in [-0.25, -0.2) is 19.3 Å². The summed E-state index contributed by atoms with van der Waals surface area (Å²) in [6.07, 6.45) is 11.1. The fourth-order valence-corrected chi connectivity index (χ4v) is 12.1. The summed E-state index contributed by atoms with van der Waals surface area (Å²) in [5.41, 5.74) is 8.98. The minimum absolute atomic E-state index is 0.0455. The third-order valence-electron chi connectivity index (χ3n) is 16.2. The van der Waals surface area contributed by atoms with Crippen LogP contribution in [0.25, 0.3) is 27.3 Å². The van der Waals surface area contributed by atoms with Crippen molar-refractivity contribution in [3.63, 3.8) is 0 Å². The zero-order valence-corrected chi connectivity index (χ0v) is 48.4. The number of piperidine rings is 1. The van der Waals surface area contributed by atoms with Crippen LogP contribution in [-0.2, 0) is 25.7 Å². The number of hydrogen-bond acceptors (Lipinski definition) is 14. The molecule has 0 radical (unpaired) electrons. The number of hydrogen-bond donors (Lipinski definition) is 6. The maximum Gasteiger partial charge on any atom is 0.254 e. The monoisotopic (exact) mass is 1140 g/mol. The quantitative estimate of drug-likeness (QED) is 0.0344. The summed E-state index contributed by atoms with van der Waals surface area (Å²) in [7, 11) is 0. The number of unbranched alkanes of at least 4 members (excludes halogenated alkanes) is 3. The lowest BCUT2D eigenvalue weighted by molar-refractivity contribution is -0.138. The van der Waals surface area contributed by atoms with E-state index in [9.17, 15) is 38.6 Å². The van der Waals surface area contributed by atoms with Crippen LogP contribution in [0.2, 0.25) is 0 Å². The van der Waals surface area contributed by atoms with E-state index >= 15 is 0 Å². The molecule has 8 heterocycles. The summed E-state index contributed by atoms with van der Waals surface area (Å²) in [6.45, 7) is 15.6. The Bertz CT molecular complexity index is 3200. The number of aromatic nitrogens is 4. The average Bonchev–Trinajstić information content (AvgIpc) is 4.49. The highest BCUT2D eigenvalue weighted by Gasteiger charge is 2.39. The number of pyridine rings is 2. The van der Waals surface area contributed by atoms with Crippen LogP contribution in [0.4, 0.5) is 21.6 Å². The van der Waals surface area contributed by atoms with Crippen molar-refractivity contribution in [1.82, 2.24) is 50.0 Å². The van der Waals surface area contributed by atoms with E-state index < -0.39 is 23.2 Å². The van der Waals surface area contributed by atoms with Crippen LogP contribution in [0.15, 0.2) is 84.8 Å². The lowest BCUT2D eigenvalue weighted by atomic mass is 9.85. The number of anilines is 3. The number of carbonyl (C=O) groups excluding carboxylic acids is 5. The summed E-state index contributed by atoms with van der Waals surface area (Å²) in [5.74, 6) is -0.0936. The highest BCUT2D eigenvalue weighted by atomic mass is 32.1. The molecule has 0 spiro atoms. The number of fused-ring (bicyclic) bond motifs is 2. The van der Waals surface area contributed by atoms with Gasteiger partial charge in [0.05, 0.1) is 68.9 Å². The average molecular weight is 1140 g/mol. The Hall–Kier alpha value is -7.33. The number of carbonyl (C=O) groups is 5. The Morgan fingerprint density at radius 2 is 1.65 bits per heavy atom. The van der Waals surface area contributed by atoms with Crippen LogP contribution in [0, 0.1) is 18.2 Å². The second-order valence-corrected chi connectivity index (χ2v) is 24.1. The summed E-state index contributed by atoms with van der Waals surface area (Å²) in [4.78, 5) is 84.9. The van der Waals surface area contributed by atoms with Crippen LogP contribution in [0.3, 0.4) is 0 Å². The number of aliphatic hydroxyl groups is 2. The van der Waals surface area contributed by atoms with Crippen molar-refractivity contribution in [2.75, 3.05) is 69.1 Å². The molecule has 2 unspecified atom stereocenters. The van der Waals surface area contributed by atoms with Gasteiger partial charge >= 0.3 is 0 Å². The first-order valence-electron chi connectivity index (χ1n) is 28.6. The molecule has 6 N–H and O–H groups in total. The van der Waals surface area contributed by atoms with E-state index in [-0.39, 0.29) is 35.5 Å². The molecule has 2 aromatic carbocycles. The molecule has 3 fully saturated rings. The summed E-state index contributed by atoms with van der Waals surface area (Å²) in [5, 5.41) is 33.4. The number of imidazole rings is 1. The predicted octanol–water partition coefficient (Wildman–Crippen LogP) is 7.39. The highest BCUT2D eigenvalue weighted by Crippen LogP contribution is 2.36. The number of aryl methyl sites for hydroxylation is 1. The molecule has 6 aromatic rings. The molecule has 19 nitrogen and oxygen atoms in total. The largest absolute Gasteiger partial charge is 0.391 e. The fraction of sp³-hybridized carbons (Fsp3) is 0.475. The Balaban J connectivity index is 0.000000406. The van der Waals surface area contributed by atoms with Gasteiger partial charge in [0.15, 0.2) is 0 Å². The van der Waals surface area contributed by atoms with Crippen molar-refractivity contribution < 1.29 is 38.6 Å². The molecular weight excluding hydrogens is 1060 g/mol.